The number of nitrogens with two attached hydrogens (primary N) is 1. The molecule has 1 heterocycles. The predicted octanol–water partition coefficient (Wildman–Crippen LogP) is 2.22. The van der Waals surface area contributed by atoms with Gasteiger partial charge >= 0.3 is 0 Å². The Balaban J connectivity index is 2.08. The lowest BCUT2D eigenvalue weighted by atomic mass is 10.1. The maximum atomic E-state index is 8.51. The lowest BCUT2D eigenvalue weighted by Crippen LogP contribution is -2.10. The summed E-state index contributed by atoms with van der Waals surface area (Å²) in [6.45, 7) is 0. The third kappa shape index (κ3) is 1.90. The molecule has 1 aromatic heterocycles. The van der Waals surface area contributed by atoms with Crippen LogP contribution in [0.3, 0.4) is 0 Å². The second kappa shape index (κ2) is 3.49. The molecule has 1 fully saturated rings. The first-order valence-electron chi connectivity index (χ1n) is 4.51. The molecule has 0 radical (unpaired) electrons. The average Bonchev–Trinajstić information content (AvgIpc) is 2.87. The Morgan fingerprint density at radius 1 is 1.69 bits per heavy atom. The van der Waals surface area contributed by atoms with Crippen molar-refractivity contribution in [2.75, 3.05) is 0 Å². The summed E-state index contributed by atoms with van der Waals surface area (Å²) in [5.74, 6) is 0.699. The summed E-state index contributed by atoms with van der Waals surface area (Å²) in [7, 11) is 0. The lowest BCUT2D eigenvalue weighted by molar-refractivity contribution is 0.635. The number of hydrogen-bond donors (Lipinski definition) is 1. The molecule has 2 rings (SSSR count). The van der Waals surface area contributed by atoms with Gasteiger partial charge in [0, 0.05) is 10.9 Å². The highest BCUT2D eigenvalue weighted by molar-refractivity contribution is 7.10. The summed E-state index contributed by atoms with van der Waals surface area (Å²) in [5.41, 5.74) is 7.25. The predicted molar refractivity (Wildman–Crippen MR) is 53.3 cm³/mol. The van der Waals surface area contributed by atoms with Crippen LogP contribution in [0.4, 0.5) is 0 Å². The minimum Gasteiger partial charge on any atom is -0.324 e. The van der Waals surface area contributed by atoms with Gasteiger partial charge in [-0.3, -0.25) is 0 Å². The van der Waals surface area contributed by atoms with Crippen LogP contribution in [0.2, 0.25) is 0 Å². The molecule has 68 valence electrons. The van der Waals surface area contributed by atoms with E-state index in [4.69, 9.17) is 11.0 Å². The highest BCUT2D eigenvalue weighted by Crippen LogP contribution is 2.40. The fraction of sp³-hybridized carbons (Fsp3) is 0.500. The molecule has 0 saturated heterocycles. The van der Waals surface area contributed by atoms with Crippen LogP contribution in [0.1, 0.15) is 29.3 Å². The summed E-state index contributed by atoms with van der Waals surface area (Å²) < 4.78 is 0. The van der Waals surface area contributed by atoms with E-state index >= 15 is 0 Å². The Morgan fingerprint density at radius 3 is 3.08 bits per heavy atom. The van der Waals surface area contributed by atoms with Crippen LogP contribution in [0.15, 0.2) is 11.4 Å². The van der Waals surface area contributed by atoms with E-state index in [1.807, 2.05) is 0 Å². The molecule has 2 nitrogen and oxygen atoms in total. The first-order chi connectivity index (χ1) is 6.31. The summed E-state index contributed by atoms with van der Waals surface area (Å²) in [4.78, 5) is 1.13. The van der Waals surface area contributed by atoms with Crippen LogP contribution in [0.25, 0.3) is 0 Å². The van der Waals surface area contributed by atoms with E-state index in [2.05, 4.69) is 17.5 Å². The molecule has 3 heteroatoms. The lowest BCUT2D eigenvalue weighted by Gasteiger charge is -2.06. The van der Waals surface area contributed by atoms with Crippen LogP contribution in [0.5, 0.6) is 0 Å². The smallest absolute Gasteiger partial charge is 0.0695 e. The van der Waals surface area contributed by atoms with Gasteiger partial charge in [0.05, 0.1) is 12.5 Å². The second-order valence-corrected chi connectivity index (χ2v) is 4.54. The van der Waals surface area contributed by atoms with Crippen molar-refractivity contribution in [3.8, 4) is 6.07 Å². The van der Waals surface area contributed by atoms with Crippen molar-refractivity contribution in [3.05, 3.63) is 21.9 Å². The SMILES string of the molecule is N#CCc1cc(C(N)C2CC2)cs1. The van der Waals surface area contributed by atoms with Gasteiger partial charge in [0.25, 0.3) is 0 Å². The zero-order valence-electron chi connectivity index (χ0n) is 7.36. The zero-order chi connectivity index (χ0) is 9.26. The minimum absolute atomic E-state index is 0.212. The van der Waals surface area contributed by atoms with Gasteiger partial charge < -0.3 is 5.73 Å². The van der Waals surface area contributed by atoms with Crippen molar-refractivity contribution < 1.29 is 0 Å². The maximum Gasteiger partial charge on any atom is 0.0695 e. The molecule has 1 aromatic rings. The third-order valence-corrected chi connectivity index (χ3v) is 3.40. The number of nitriles is 1. The number of nitrogens with zero attached hydrogens (tertiary/aromatic N) is 1. The Hall–Kier alpha value is -0.850. The molecule has 1 atom stereocenters. The molecule has 1 aliphatic rings. The quantitative estimate of drug-likeness (QED) is 0.798. The van der Waals surface area contributed by atoms with Gasteiger partial charge in [-0.1, -0.05) is 0 Å². The van der Waals surface area contributed by atoms with Crippen molar-refractivity contribution in [2.45, 2.75) is 25.3 Å². The van der Waals surface area contributed by atoms with E-state index < -0.39 is 0 Å². The molecular weight excluding hydrogens is 180 g/mol. The molecule has 1 saturated carbocycles. The molecule has 1 aliphatic carbocycles. The number of thiophene rings is 1. The third-order valence-electron chi connectivity index (χ3n) is 2.44. The highest BCUT2D eigenvalue weighted by Gasteiger charge is 2.29. The summed E-state index contributed by atoms with van der Waals surface area (Å²) >= 11 is 1.65. The molecule has 0 spiro atoms. The van der Waals surface area contributed by atoms with E-state index in [0.29, 0.717) is 12.3 Å². The normalized spacial score (nSPS) is 18.2. The van der Waals surface area contributed by atoms with E-state index in [-0.39, 0.29) is 6.04 Å². The fourth-order valence-corrected chi connectivity index (χ4v) is 2.34. The van der Waals surface area contributed by atoms with Gasteiger partial charge in [-0.25, -0.2) is 0 Å². The Morgan fingerprint density at radius 2 is 2.46 bits per heavy atom. The average molecular weight is 192 g/mol. The Bertz CT molecular complexity index is 333. The first-order valence-corrected chi connectivity index (χ1v) is 5.39. The molecule has 2 N–H and O–H groups in total. The molecule has 0 bridgehead atoms. The maximum absolute atomic E-state index is 8.51. The van der Waals surface area contributed by atoms with Crippen molar-refractivity contribution in [1.82, 2.24) is 0 Å². The largest absolute Gasteiger partial charge is 0.324 e. The Labute approximate surface area is 82.0 Å². The molecule has 1 unspecified atom stereocenters. The van der Waals surface area contributed by atoms with E-state index in [0.717, 1.165) is 4.88 Å². The van der Waals surface area contributed by atoms with Gasteiger partial charge in [-0.2, -0.15) is 5.26 Å². The van der Waals surface area contributed by atoms with Crippen molar-refractivity contribution >= 4 is 11.3 Å². The number of rotatable bonds is 3. The van der Waals surface area contributed by atoms with Gasteiger partial charge in [-0.15, -0.1) is 11.3 Å². The van der Waals surface area contributed by atoms with E-state index in [1.165, 1.54) is 18.4 Å². The van der Waals surface area contributed by atoms with Gasteiger partial charge in [0.2, 0.25) is 0 Å². The van der Waals surface area contributed by atoms with Crippen molar-refractivity contribution in [1.29, 1.82) is 5.26 Å². The molecule has 0 amide bonds. The first kappa shape index (κ1) is 8.74. The van der Waals surface area contributed by atoms with Gasteiger partial charge in [-0.05, 0) is 35.8 Å². The van der Waals surface area contributed by atoms with Crippen LogP contribution < -0.4 is 5.73 Å². The van der Waals surface area contributed by atoms with Crippen LogP contribution in [-0.2, 0) is 6.42 Å². The van der Waals surface area contributed by atoms with Crippen LogP contribution in [-0.4, -0.2) is 0 Å². The number of hydrogen-bond acceptors (Lipinski definition) is 3. The monoisotopic (exact) mass is 192 g/mol. The van der Waals surface area contributed by atoms with Crippen LogP contribution in [0, 0.1) is 17.2 Å². The van der Waals surface area contributed by atoms with Crippen molar-refractivity contribution in [2.24, 2.45) is 11.7 Å². The molecule has 13 heavy (non-hydrogen) atoms. The Kier molecular flexibility index (Phi) is 2.34. The molecule has 0 aliphatic heterocycles. The van der Waals surface area contributed by atoms with Gasteiger partial charge in [0.15, 0.2) is 0 Å². The van der Waals surface area contributed by atoms with Gasteiger partial charge in [0.1, 0.15) is 0 Å². The minimum atomic E-state index is 0.212. The van der Waals surface area contributed by atoms with E-state index in [9.17, 15) is 0 Å². The standard InChI is InChI=1S/C10H12N2S/c11-4-3-9-5-8(6-13-9)10(12)7-1-2-7/h5-7,10H,1-3,12H2. The fourth-order valence-electron chi connectivity index (χ4n) is 1.47. The van der Waals surface area contributed by atoms with E-state index in [1.54, 1.807) is 11.3 Å². The highest BCUT2D eigenvalue weighted by atomic mass is 32.1. The molecular formula is C10H12N2S. The van der Waals surface area contributed by atoms with Crippen LogP contribution >= 0.6 is 11.3 Å². The summed E-state index contributed by atoms with van der Waals surface area (Å²) in [5, 5.41) is 10.6. The molecule has 0 aromatic carbocycles. The van der Waals surface area contributed by atoms with Crippen molar-refractivity contribution in [3.63, 3.8) is 0 Å². The second-order valence-electron chi connectivity index (χ2n) is 3.54. The summed E-state index contributed by atoms with van der Waals surface area (Å²) in [6, 6.07) is 4.44. The summed E-state index contributed by atoms with van der Waals surface area (Å²) in [6.07, 6.45) is 3.05. The zero-order valence-corrected chi connectivity index (χ0v) is 8.18. The topological polar surface area (TPSA) is 49.8 Å².